The van der Waals surface area contributed by atoms with E-state index in [0.717, 1.165) is 31.7 Å². The van der Waals surface area contributed by atoms with E-state index in [1.165, 1.54) is 59.9 Å². The maximum Gasteiger partial charge on any atom is 0.309 e. The van der Waals surface area contributed by atoms with Gasteiger partial charge in [0.2, 0.25) is 0 Å². The molecule has 188 valence electrons. The van der Waals surface area contributed by atoms with Crippen molar-refractivity contribution in [1.82, 2.24) is 4.90 Å². The molecule has 0 spiro atoms. The normalized spacial score (nSPS) is 17.5. The van der Waals surface area contributed by atoms with Crippen LogP contribution in [0.1, 0.15) is 85.3 Å². The molecule has 0 aromatic heterocycles. The van der Waals surface area contributed by atoms with Gasteiger partial charge in [0.05, 0.1) is 5.92 Å². The highest BCUT2D eigenvalue weighted by molar-refractivity contribution is 5.71. The van der Waals surface area contributed by atoms with E-state index in [9.17, 15) is 4.79 Å². The Morgan fingerprint density at radius 3 is 2.43 bits per heavy atom. The molecule has 1 N–H and O–H groups in total. The van der Waals surface area contributed by atoms with Crippen LogP contribution >= 0.6 is 0 Å². The van der Waals surface area contributed by atoms with Crippen molar-refractivity contribution >= 4 is 12.2 Å². The highest BCUT2D eigenvalue weighted by Gasteiger charge is 2.32. The van der Waals surface area contributed by atoms with Crippen LogP contribution in [0.4, 0.5) is 0 Å². The van der Waals surface area contributed by atoms with Gasteiger partial charge in [-0.1, -0.05) is 74.7 Å². The van der Waals surface area contributed by atoms with Crippen molar-refractivity contribution in [2.45, 2.75) is 84.3 Å². The van der Waals surface area contributed by atoms with E-state index >= 15 is 0 Å². The Labute approximate surface area is 210 Å². The summed E-state index contributed by atoms with van der Waals surface area (Å²) in [7, 11) is 0. The minimum Gasteiger partial charge on any atom is -0.481 e. The van der Waals surface area contributed by atoms with Crippen molar-refractivity contribution in [3.8, 4) is 0 Å². The number of likely N-dealkylation sites (tertiary alicyclic amines) is 1. The number of carboxylic acid groups (broad SMARTS) is 1. The molecule has 0 radical (unpaired) electrons. The number of rotatable bonds is 11. The number of aliphatic carboxylic acids is 1. The summed E-state index contributed by atoms with van der Waals surface area (Å²) in [5.74, 6) is -0.159. The number of carboxylic acids is 1. The molecule has 35 heavy (non-hydrogen) atoms. The fourth-order valence-corrected chi connectivity index (χ4v) is 5.56. The van der Waals surface area contributed by atoms with Crippen LogP contribution in [-0.2, 0) is 42.0 Å². The molecule has 2 aliphatic rings. The maximum atomic E-state index is 11.0. The monoisotopic (exact) mass is 476 g/mol. The Kier molecular flexibility index (Phi) is 8.97. The molecule has 1 aliphatic heterocycles. The molecular weight excluding hydrogens is 436 g/mol. The third kappa shape index (κ3) is 6.72. The Balaban J connectivity index is 1.26. The van der Waals surface area contributed by atoms with Crippen molar-refractivity contribution in [2.24, 2.45) is 11.1 Å². The van der Waals surface area contributed by atoms with Gasteiger partial charge in [0.1, 0.15) is 6.61 Å². The van der Waals surface area contributed by atoms with Gasteiger partial charge < -0.3 is 9.94 Å². The van der Waals surface area contributed by atoms with E-state index in [4.69, 9.17) is 9.94 Å². The minimum atomic E-state index is -0.684. The van der Waals surface area contributed by atoms with Gasteiger partial charge in [0.15, 0.2) is 0 Å². The number of benzene rings is 2. The lowest BCUT2D eigenvalue weighted by molar-refractivity contribution is -0.147. The smallest absolute Gasteiger partial charge is 0.309 e. The molecular formula is C30H40N2O3. The topological polar surface area (TPSA) is 62.1 Å². The van der Waals surface area contributed by atoms with Gasteiger partial charge in [-0.15, -0.1) is 0 Å². The number of nitrogens with zero attached hydrogens (tertiary/aromatic N) is 2. The molecule has 0 amide bonds. The van der Waals surface area contributed by atoms with Gasteiger partial charge in [-0.2, -0.15) is 0 Å². The molecule has 2 fully saturated rings. The Morgan fingerprint density at radius 2 is 1.71 bits per heavy atom. The van der Waals surface area contributed by atoms with Gasteiger partial charge in [0.25, 0.3) is 0 Å². The summed E-state index contributed by atoms with van der Waals surface area (Å²) in [6, 6.07) is 13.4. The maximum absolute atomic E-state index is 11.0. The van der Waals surface area contributed by atoms with Crippen LogP contribution in [0.25, 0.3) is 0 Å². The number of carbonyl (C=O) groups is 1. The molecule has 0 unspecified atom stereocenters. The molecule has 4 rings (SSSR count). The second-order valence-electron chi connectivity index (χ2n) is 10.2. The van der Waals surface area contributed by atoms with E-state index in [0.29, 0.717) is 19.7 Å². The molecule has 1 aliphatic carbocycles. The number of hydrogen-bond acceptors (Lipinski definition) is 4. The first kappa shape index (κ1) is 25.4. The zero-order chi connectivity index (χ0) is 24.6. The van der Waals surface area contributed by atoms with Crippen molar-refractivity contribution in [1.29, 1.82) is 0 Å². The molecule has 5 heteroatoms. The molecule has 1 heterocycles. The predicted octanol–water partition coefficient (Wildman–Crippen LogP) is 6.12. The average molecular weight is 477 g/mol. The predicted molar refractivity (Wildman–Crippen MR) is 141 cm³/mol. The van der Waals surface area contributed by atoms with Gasteiger partial charge in [-0.05, 0) is 65.0 Å². The van der Waals surface area contributed by atoms with Crippen LogP contribution in [0.5, 0.6) is 0 Å². The Hall–Kier alpha value is -2.66. The summed E-state index contributed by atoms with van der Waals surface area (Å²) in [6.07, 6.45) is 11.4. The summed E-state index contributed by atoms with van der Waals surface area (Å²) in [5.41, 5.74) is 8.02. The van der Waals surface area contributed by atoms with E-state index in [1.807, 2.05) is 6.21 Å². The quantitative estimate of drug-likeness (QED) is 0.313. The zero-order valence-corrected chi connectivity index (χ0v) is 21.3. The summed E-state index contributed by atoms with van der Waals surface area (Å²) in [6.45, 7) is 7.03. The van der Waals surface area contributed by atoms with Crippen molar-refractivity contribution in [3.63, 3.8) is 0 Å². The first-order valence-corrected chi connectivity index (χ1v) is 13.4. The first-order chi connectivity index (χ1) is 17.1. The lowest BCUT2D eigenvalue weighted by atomic mass is 9.81. The second-order valence-corrected chi connectivity index (χ2v) is 10.2. The highest BCUT2D eigenvalue weighted by atomic mass is 16.6. The van der Waals surface area contributed by atoms with Crippen LogP contribution in [0, 0.1) is 5.92 Å². The number of hydrogen-bond donors (Lipinski definition) is 1. The highest BCUT2D eigenvalue weighted by Crippen LogP contribution is 2.35. The molecule has 2 aromatic rings. The van der Waals surface area contributed by atoms with Crippen molar-refractivity contribution < 1.29 is 14.7 Å². The van der Waals surface area contributed by atoms with Gasteiger partial charge >= 0.3 is 5.97 Å². The van der Waals surface area contributed by atoms with Crippen LogP contribution in [-0.4, -0.2) is 35.3 Å². The lowest BCUT2D eigenvalue weighted by Gasteiger charge is -2.37. The minimum absolute atomic E-state index is 0.209. The molecule has 2 aromatic carbocycles. The summed E-state index contributed by atoms with van der Waals surface area (Å²) < 4.78 is 0. The van der Waals surface area contributed by atoms with Gasteiger partial charge in [-0.3, -0.25) is 9.69 Å². The van der Waals surface area contributed by atoms with E-state index in [2.05, 4.69) is 60.3 Å². The zero-order valence-electron chi connectivity index (χ0n) is 21.3. The Bertz CT molecular complexity index is 1020. The fourth-order valence-electron chi connectivity index (χ4n) is 5.56. The molecule has 1 saturated heterocycles. The van der Waals surface area contributed by atoms with Crippen LogP contribution in [0.15, 0.2) is 41.6 Å². The van der Waals surface area contributed by atoms with Crippen molar-refractivity contribution in [2.75, 3.05) is 13.1 Å². The molecule has 5 nitrogen and oxygen atoms in total. The first-order valence-electron chi connectivity index (χ1n) is 13.4. The average Bonchev–Trinajstić information content (AvgIpc) is 2.86. The summed E-state index contributed by atoms with van der Waals surface area (Å²) in [4.78, 5) is 18.9. The largest absolute Gasteiger partial charge is 0.481 e. The third-order valence-electron chi connectivity index (χ3n) is 7.69. The third-order valence-corrected chi connectivity index (χ3v) is 7.69. The van der Waals surface area contributed by atoms with E-state index < -0.39 is 5.97 Å². The fraction of sp³-hybridized carbons (Fsp3) is 0.533. The number of aryl methyl sites for hydroxylation is 2. The SMILES string of the molecule is CCc1cc(CC=NOCc2ccc(C3CCCCC3)c(CC)c2)ccc1CN1CC(C(=O)O)C1. The van der Waals surface area contributed by atoms with Gasteiger partial charge in [-0.25, -0.2) is 0 Å². The summed E-state index contributed by atoms with van der Waals surface area (Å²) >= 11 is 0. The lowest BCUT2D eigenvalue weighted by Crippen LogP contribution is -2.49. The van der Waals surface area contributed by atoms with E-state index in [-0.39, 0.29) is 5.92 Å². The van der Waals surface area contributed by atoms with E-state index in [1.54, 1.807) is 5.56 Å². The Morgan fingerprint density at radius 1 is 1.00 bits per heavy atom. The van der Waals surface area contributed by atoms with Gasteiger partial charge in [0, 0.05) is 32.3 Å². The van der Waals surface area contributed by atoms with Crippen LogP contribution in [0.2, 0.25) is 0 Å². The second kappa shape index (κ2) is 12.3. The number of oxime groups is 1. The standard InChI is InChI=1S/C30H40N2O3/c1-3-24-16-22(10-12-27(24)18-32-19-28(20-32)30(33)34)14-15-31-35-21-23-11-13-29(25(4-2)17-23)26-8-6-5-7-9-26/h10-13,15-17,26,28H,3-9,14,18-21H2,1-2H3,(H,33,34). The molecule has 0 bridgehead atoms. The molecule has 1 saturated carbocycles. The molecule has 0 atom stereocenters. The van der Waals surface area contributed by atoms with Crippen LogP contribution < -0.4 is 0 Å². The van der Waals surface area contributed by atoms with Crippen LogP contribution in [0.3, 0.4) is 0 Å². The summed E-state index contributed by atoms with van der Waals surface area (Å²) in [5, 5.41) is 13.3. The van der Waals surface area contributed by atoms with Crippen molar-refractivity contribution in [3.05, 3.63) is 69.8 Å².